The number of rotatable bonds is 4. The summed E-state index contributed by atoms with van der Waals surface area (Å²) in [6, 6.07) is 0. The molecule has 0 bridgehead atoms. The molecule has 2 aliphatic carbocycles. The summed E-state index contributed by atoms with van der Waals surface area (Å²) >= 11 is 0. The average molecular weight is 204 g/mol. The van der Waals surface area contributed by atoms with E-state index < -0.39 is 0 Å². The molecular formula is C13H16O2. The Hall–Kier alpha value is -1.31. The van der Waals surface area contributed by atoms with Crippen molar-refractivity contribution in [2.75, 3.05) is 0 Å². The fourth-order valence-corrected chi connectivity index (χ4v) is 2.04. The Labute approximate surface area is 90.0 Å². The second kappa shape index (κ2) is 3.69. The van der Waals surface area contributed by atoms with Gasteiger partial charge in [0.25, 0.3) is 0 Å². The molecule has 2 rings (SSSR count). The number of unbranched alkanes of at least 4 members (excludes halogenated alkanes) is 1. The van der Waals surface area contributed by atoms with E-state index in [2.05, 4.69) is 6.92 Å². The number of hydrogen-bond acceptors (Lipinski definition) is 2. The highest BCUT2D eigenvalue weighted by Gasteiger charge is 2.34. The van der Waals surface area contributed by atoms with Crippen LogP contribution in [0, 0.1) is 5.92 Å². The van der Waals surface area contributed by atoms with E-state index in [0.29, 0.717) is 5.76 Å². The van der Waals surface area contributed by atoms with Crippen molar-refractivity contribution in [1.29, 1.82) is 0 Å². The van der Waals surface area contributed by atoms with Crippen molar-refractivity contribution < 1.29 is 9.90 Å². The van der Waals surface area contributed by atoms with Gasteiger partial charge in [-0.15, -0.1) is 0 Å². The van der Waals surface area contributed by atoms with E-state index in [1.807, 2.05) is 12.2 Å². The highest BCUT2D eigenvalue weighted by atomic mass is 16.3. The van der Waals surface area contributed by atoms with Gasteiger partial charge in [-0.2, -0.15) is 0 Å². The third kappa shape index (κ3) is 1.76. The van der Waals surface area contributed by atoms with E-state index in [-0.39, 0.29) is 11.7 Å². The maximum Gasteiger partial charge on any atom is 0.159 e. The fraction of sp³-hybridized carbons (Fsp3) is 0.462. The van der Waals surface area contributed by atoms with E-state index in [1.54, 1.807) is 6.92 Å². The van der Waals surface area contributed by atoms with Crippen LogP contribution in [0.25, 0.3) is 0 Å². The van der Waals surface area contributed by atoms with Gasteiger partial charge in [-0.3, -0.25) is 4.79 Å². The number of carbonyl (C=O) groups excluding carboxylic acids is 1. The second-order valence-electron chi connectivity index (χ2n) is 4.22. The predicted octanol–water partition coefficient (Wildman–Crippen LogP) is 3.07. The van der Waals surface area contributed by atoms with E-state index >= 15 is 0 Å². The monoisotopic (exact) mass is 204 g/mol. The first-order valence-electron chi connectivity index (χ1n) is 5.52. The number of aliphatic hydroxyl groups is 1. The minimum absolute atomic E-state index is 0.0620. The lowest BCUT2D eigenvalue weighted by Gasteiger charge is -2.15. The Morgan fingerprint density at radius 2 is 2.20 bits per heavy atom. The van der Waals surface area contributed by atoms with Gasteiger partial charge in [-0.05, 0) is 19.8 Å². The van der Waals surface area contributed by atoms with E-state index in [9.17, 15) is 9.90 Å². The molecule has 0 saturated carbocycles. The number of allylic oxidation sites excluding steroid dienone is 5. The SMILES string of the molecule is CCCCC1=C(O)C2=C[C@@H]2C=C1C(C)=O. The van der Waals surface area contributed by atoms with Gasteiger partial charge >= 0.3 is 0 Å². The Kier molecular flexibility index (Phi) is 2.51. The summed E-state index contributed by atoms with van der Waals surface area (Å²) in [5.41, 5.74) is 2.58. The molecule has 15 heavy (non-hydrogen) atoms. The average Bonchev–Trinajstić information content (AvgIpc) is 2.95. The summed E-state index contributed by atoms with van der Waals surface area (Å²) in [5.74, 6) is 0.655. The van der Waals surface area contributed by atoms with Crippen LogP contribution in [0.5, 0.6) is 0 Å². The number of carbonyl (C=O) groups is 1. The van der Waals surface area contributed by atoms with Gasteiger partial charge in [-0.25, -0.2) is 0 Å². The lowest BCUT2D eigenvalue weighted by atomic mass is 9.90. The van der Waals surface area contributed by atoms with Gasteiger partial charge in [-0.1, -0.05) is 25.5 Å². The molecule has 0 aromatic carbocycles. The second-order valence-corrected chi connectivity index (χ2v) is 4.22. The highest BCUT2D eigenvalue weighted by Crippen LogP contribution is 2.44. The first kappa shape index (κ1) is 10.2. The summed E-state index contributed by atoms with van der Waals surface area (Å²) in [6.07, 6.45) is 6.86. The van der Waals surface area contributed by atoms with Crippen LogP contribution in [0.1, 0.15) is 33.1 Å². The molecule has 0 spiro atoms. The molecule has 0 unspecified atom stereocenters. The Morgan fingerprint density at radius 3 is 2.80 bits per heavy atom. The van der Waals surface area contributed by atoms with Gasteiger partial charge in [0, 0.05) is 22.6 Å². The largest absolute Gasteiger partial charge is 0.507 e. The van der Waals surface area contributed by atoms with Crippen LogP contribution in [-0.2, 0) is 4.79 Å². The van der Waals surface area contributed by atoms with Crippen LogP contribution in [0.15, 0.2) is 34.6 Å². The van der Waals surface area contributed by atoms with Crippen LogP contribution in [-0.4, -0.2) is 10.9 Å². The molecule has 0 aromatic rings. The smallest absolute Gasteiger partial charge is 0.159 e. The molecule has 2 aliphatic rings. The number of aliphatic hydroxyl groups excluding tert-OH is 1. The number of Topliss-reactive ketones (excluding diaryl/α,β-unsaturated/α-hetero) is 1. The van der Waals surface area contributed by atoms with E-state index in [4.69, 9.17) is 0 Å². The van der Waals surface area contributed by atoms with Crippen molar-refractivity contribution in [2.45, 2.75) is 33.1 Å². The van der Waals surface area contributed by atoms with E-state index in [0.717, 1.165) is 36.0 Å². The minimum Gasteiger partial charge on any atom is -0.507 e. The lowest BCUT2D eigenvalue weighted by Crippen LogP contribution is -2.08. The highest BCUT2D eigenvalue weighted by molar-refractivity contribution is 5.99. The molecule has 0 aliphatic heterocycles. The standard InChI is InChI=1S/C13H16O2/c1-3-4-5-10-11(8(2)14)6-9-7-12(9)13(10)15/h6-7,9,15H,3-5H2,1-2H3/t9-/m0/s1. The van der Waals surface area contributed by atoms with Crippen molar-refractivity contribution in [3.05, 3.63) is 34.6 Å². The third-order valence-electron chi connectivity index (χ3n) is 3.00. The predicted molar refractivity (Wildman–Crippen MR) is 59.5 cm³/mol. The van der Waals surface area contributed by atoms with Crippen molar-refractivity contribution in [1.82, 2.24) is 0 Å². The van der Waals surface area contributed by atoms with Crippen molar-refractivity contribution in [2.24, 2.45) is 5.92 Å². The molecular weight excluding hydrogens is 188 g/mol. The van der Waals surface area contributed by atoms with E-state index in [1.165, 1.54) is 0 Å². The zero-order valence-electron chi connectivity index (χ0n) is 9.21. The Morgan fingerprint density at radius 1 is 1.47 bits per heavy atom. The first-order valence-corrected chi connectivity index (χ1v) is 5.52. The Bertz CT molecular complexity index is 397. The van der Waals surface area contributed by atoms with Gasteiger partial charge in [0.15, 0.2) is 5.78 Å². The van der Waals surface area contributed by atoms with Crippen LogP contribution in [0.2, 0.25) is 0 Å². The quantitative estimate of drug-likeness (QED) is 0.764. The first-order chi connectivity index (χ1) is 7.15. The number of hydrogen-bond donors (Lipinski definition) is 1. The van der Waals surface area contributed by atoms with Gasteiger partial charge in [0.2, 0.25) is 0 Å². The number of fused-ring (bicyclic) bond motifs is 1. The van der Waals surface area contributed by atoms with Gasteiger partial charge in [0.1, 0.15) is 5.76 Å². The minimum atomic E-state index is 0.0620. The molecule has 2 nitrogen and oxygen atoms in total. The molecule has 0 saturated heterocycles. The zero-order chi connectivity index (χ0) is 11.0. The molecule has 1 N–H and O–H groups in total. The maximum absolute atomic E-state index is 11.4. The molecule has 1 atom stereocenters. The van der Waals surface area contributed by atoms with Gasteiger partial charge in [0.05, 0.1) is 0 Å². The van der Waals surface area contributed by atoms with Crippen LogP contribution >= 0.6 is 0 Å². The summed E-state index contributed by atoms with van der Waals surface area (Å²) in [6.45, 7) is 3.68. The normalized spacial score (nSPS) is 23.2. The molecule has 80 valence electrons. The van der Waals surface area contributed by atoms with Crippen LogP contribution < -0.4 is 0 Å². The summed E-state index contributed by atoms with van der Waals surface area (Å²) in [7, 11) is 0. The maximum atomic E-state index is 11.4. The van der Waals surface area contributed by atoms with Crippen molar-refractivity contribution >= 4 is 5.78 Å². The molecule has 2 heteroatoms. The molecule has 0 amide bonds. The lowest BCUT2D eigenvalue weighted by molar-refractivity contribution is -0.113. The summed E-state index contributed by atoms with van der Waals surface area (Å²) < 4.78 is 0. The summed E-state index contributed by atoms with van der Waals surface area (Å²) in [4.78, 5) is 11.4. The van der Waals surface area contributed by atoms with Crippen molar-refractivity contribution in [3.8, 4) is 0 Å². The van der Waals surface area contributed by atoms with Crippen LogP contribution in [0.4, 0.5) is 0 Å². The molecule has 0 heterocycles. The zero-order valence-corrected chi connectivity index (χ0v) is 9.21. The van der Waals surface area contributed by atoms with Gasteiger partial charge < -0.3 is 5.11 Å². The topological polar surface area (TPSA) is 37.3 Å². The summed E-state index contributed by atoms with van der Waals surface area (Å²) in [5, 5.41) is 9.94. The number of ketones is 1. The molecule has 0 aromatic heterocycles. The molecule has 0 fully saturated rings. The third-order valence-corrected chi connectivity index (χ3v) is 3.00. The van der Waals surface area contributed by atoms with Crippen LogP contribution in [0.3, 0.4) is 0 Å². The molecule has 0 radical (unpaired) electrons. The van der Waals surface area contributed by atoms with Crippen molar-refractivity contribution in [3.63, 3.8) is 0 Å². The Balaban J connectivity index is 2.27. The fourth-order valence-electron chi connectivity index (χ4n) is 2.04.